The summed E-state index contributed by atoms with van der Waals surface area (Å²) in [5, 5.41) is 0. The maximum Gasteiger partial charge on any atom is 0.573 e. The predicted molar refractivity (Wildman–Crippen MR) is 57.4 cm³/mol. The van der Waals surface area contributed by atoms with Crippen LogP contribution in [0, 0.1) is 11.9 Å². The normalized spacial score (nSPS) is 11.3. The third kappa shape index (κ3) is 3.23. The summed E-state index contributed by atoms with van der Waals surface area (Å²) in [5.74, 6) is -0.830. The Bertz CT molecular complexity index is 549. The first-order chi connectivity index (χ1) is 8.44. The zero-order valence-electron chi connectivity index (χ0n) is 8.96. The summed E-state index contributed by atoms with van der Waals surface area (Å²) < 4.78 is 52.9. The van der Waals surface area contributed by atoms with Crippen LogP contribution in [-0.2, 0) is 0 Å². The number of ether oxygens (including phenoxy) is 1. The van der Waals surface area contributed by atoms with Crippen molar-refractivity contribution in [1.82, 2.24) is 0 Å². The fraction of sp³-hybridized carbons (Fsp3) is 0.0769. The molecule has 18 heavy (non-hydrogen) atoms. The number of halogens is 4. The van der Waals surface area contributed by atoms with E-state index in [0.29, 0.717) is 11.1 Å². The molecular weight excluding hydrogens is 248 g/mol. The van der Waals surface area contributed by atoms with Crippen molar-refractivity contribution in [3.8, 4) is 16.9 Å². The average molecular weight is 255 g/mol. The van der Waals surface area contributed by atoms with E-state index in [4.69, 9.17) is 0 Å². The third-order valence-corrected chi connectivity index (χ3v) is 2.14. The van der Waals surface area contributed by atoms with Crippen LogP contribution in [0.1, 0.15) is 0 Å². The smallest absolute Gasteiger partial charge is 0.406 e. The predicted octanol–water partition coefficient (Wildman–Crippen LogP) is 4.19. The van der Waals surface area contributed by atoms with Gasteiger partial charge in [0.05, 0.1) is 0 Å². The van der Waals surface area contributed by atoms with Gasteiger partial charge in [-0.25, -0.2) is 4.39 Å². The molecule has 0 fully saturated rings. The van der Waals surface area contributed by atoms with Crippen LogP contribution >= 0.6 is 0 Å². The summed E-state index contributed by atoms with van der Waals surface area (Å²) in [5.41, 5.74) is 0.763. The molecule has 1 nitrogen and oxygen atoms in total. The quantitative estimate of drug-likeness (QED) is 0.731. The number of hydrogen-bond acceptors (Lipinski definition) is 1. The highest BCUT2D eigenvalue weighted by Gasteiger charge is 2.31. The Morgan fingerprint density at radius 3 is 2.50 bits per heavy atom. The van der Waals surface area contributed by atoms with Crippen LogP contribution in [0.5, 0.6) is 5.75 Å². The summed E-state index contributed by atoms with van der Waals surface area (Å²) >= 11 is 0. The molecule has 0 saturated heterocycles. The van der Waals surface area contributed by atoms with Gasteiger partial charge >= 0.3 is 6.36 Å². The van der Waals surface area contributed by atoms with Gasteiger partial charge in [0.15, 0.2) is 0 Å². The van der Waals surface area contributed by atoms with Crippen molar-refractivity contribution in [2.45, 2.75) is 6.36 Å². The molecule has 2 aromatic carbocycles. The highest BCUT2D eigenvalue weighted by atomic mass is 19.4. The molecule has 1 radical (unpaired) electrons. The fourth-order valence-electron chi connectivity index (χ4n) is 1.47. The maximum atomic E-state index is 13.0. The van der Waals surface area contributed by atoms with Crippen molar-refractivity contribution in [3.63, 3.8) is 0 Å². The Balaban J connectivity index is 2.33. The van der Waals surface area contributed by atoms with E-state index in [1.807, 2.05) is 0 Å². The lowest BCUT2D eigenvalue weighted by Crippen LogP contribution is -2.17. The molecule has 0 amide bonds. The van der Waals surface area contributed by atoms with Crippen molar-refractivity contribution < 1.29 is 22.3 Å². The van der Waals surface area contributed by atoms with Gasteiger partial charge in [0.25, 0.3) is 0 Å². The molecule has 0 aromatic heterocycles. The van der Waals surface area contributed by atoms with Gasteiger partial charge in [0, 0.05) is 0 Å². The van der Waals surface area contributed by atoms with E-state index in [1.54, 1.807) is 6.07 Å². The SMILES string of the molecule is Fc1cccc(-c2[c]ccc(OC(F)(F)F)c2)c1. The van der Waals surface area contributed by atoms with Crippen molar-refractivity contribution >= 4 is 0 Å². The van der Waals surface area contributed by atoms with Crippen LogP contribution in [0.4, 0.5) is 17.6 Å². The van der Waals surface area contributed by atoms with Gasteiger partial charge in [-0.05, 0) is 41.5 Å². The second-order valence-electron chi connectivity index (χ2n) is 3.50. The molecule has 0 bridgehead atoms. The van der Waals surface area contributed by atoms with Crippen LogP contribution in [-0.4, -0.2) is 6.36 Å². The Kier molecular flexibility index (Phi) is 3.23. The molecule has 2 aromatic rings. The number of benzene rings is 2. The summed E-state index contributed by atoms with van der Waals surface area (Å²) in [6.07, 6.45) is -4.75. The molecular formula is C13H7F4O. The second kappa shape index (κ2) is 4.68. The molecule has 0 unspecified atom stereocenters. The molecule has 0 N–H and O–H groups in total. The lowest BCUT2D eigenvalue weighted by atomic mass is 10.1. The molecule has 0 aliphatic rings. The van der Waals surface area contributed by atoms with Crippen LogP contribution in [0.25, 0.3) is 11.1 Å². The van der Waals surface area contributed by atoms with Gasteiger partial charge in [-0.2, -0.15) is 0 Å². The second-order valence-corrected chi connectivity index (χ2v) is 3.50. The Hall–Kier alpha value is -2.04. The molecule has 0 aliphatic carbocycles. The first-order valence-corrected chi connectivity index (χ1v) is 4.97. The molecule has 2 rings (SSSR count). The molecule has 0 saturated carbocycles. The first kappa shape index (κ1) is 12.4. The molecule has 5 heteroatoms. The van der Waals surface area contributed by atoms with Gasteiger partial charge in [0.1, 0.15) is 11.6 Å². The Labute approximate surface area is 101 Å². The van der Waals surface area contributed by atoms with Gasteiger partial charge < -0.3 is 4.74 Å². The molecule has 0 atom stereocenters. The van der Waals surface area contributed by atoms with Crippen molar-refractivity contribution in [2.75, 3.05) is 0 Å². The van der Waals surface area contributed by atoms with Gasteiger partial charge in [-0.1, -0.05) is 18.2 Å². The summed E-state index contributed by atoms with van der Waals surface area (Å²) in [6, 6.07) is 11.8. The molecule has 0 spiro atoms. The van der Waals surface area contributed by atoms with Gasteiger partial charge in [0.2, 0.25) is 0 Å². The van der Waals surface area contributed by atoms with Gasteiger partial charge in [-0.3, -0.25) is 0 Å². The minimum atomic E-state index is -4.75. The summed E-state index contributed by atoms with van der Waals surface area (Å²) in [4.78, 5) is 0. The van der Waals surface area contributed by atoms with E-state index in [2.05, 4.69) is 10.8 Å². The van der Waals surface area contributed by atoms with E-state index < -0.39 is 12.2 Å². The topological polar surface area (TPSA) is 9.23 Å². The van der Waals surface area contributed by atoms with E-state index in [0.717, 1.165) is 12.1 Å². The average Bonchev–Trinajstić information content (AvgIpc) is 2.27. The van der Waals surface area contributed by atoms with E-state index >= 15 is 0 Å². The van der Waals surface area contributed by atoms with Crippen molar-refractivity contribution in [3.05, 3.63) is 54.3 Å². The lowest BCUT2D eigenvalue weighted by Gasteiger charge is -2.09. The van der Waals surface area contributed by atoms with Crippen molar-refractivity contribution in [1.29, 1.82) is 0 Å². The highest BCUT2D eigenvalue weighted by Crippen LogP contribution is 2.27. The maximum absolute atomic E-state index is 13.0. The molecule has 93 valence electrons. The number of rotatable bonds is 2. The fourth-order valence-corrected chi connectivity index (χ4v) is 1.47. The summed E-state index contributed by atoms with van der Waals surface area (Å²) in [6.45, 7) is 0. The monoisotopic (exact) mass is 255 g/mol. The van der Waals surface area contributed by atoms with E-state index in [9.17, 15) is 17.6 Å². The van der Waals surface area contributed by atoms with E-state index in [-0.39, 0.29) is 5.75 Å². The molecule has 0 aliphatic heterocycles. The Morgan fingerprint density at radius 2 is 1.83 bits per heavy atom. The summed E-state index contributed by atoms with van der Waals surface area (Å²) in [7, 11) is 0. The zero-order valence-corrected chi connectivity index (χ0v) is 8.96. The van der Waals surface area contributed by atoms with Crippen LogP contribution < -0.4 is 4.74 Å². The van der Waals surface area contributed by atoms with Crippen LogP contribution in [0.3, 0.4) is 0 Å². The number of alkyl halides is 3. The minimum Gasteiger partial charge on any atom is -0.406 e. The molecule has 0 heterocycles. The zero-order chi connectivity index (χ0) is 13.2. The Morgan fingerprint density at radius 1 is 1.06 bits per heavy atom. The lowest BCUT2D eigenvalue weighted by molar-refractivity contribution is -0.274. The van der Waals surface area contributed by atoms with Crippen molar-refractivity contribution in [2.24, 2.45) is 0 Å². The first-order valence-electron chi connectivity index (χ1n) is 4.97. The third-order valence-electron chi connectivity index (χ3n) is 2.14. The highest BCUT2D eigenvalue weighted by molar-refractivity contribution is 5.64. The van der Waals surface area contributed by atoms with Crippen LogP contribution in [0.2, 0.25) is 0 Å². The minimum absolute atomic E-state index is 0.330. The number of hydrogen-bond donors (Lipinski definition) is 0. The van der Waals surface area contributed by atoms with Gasteiger partial charge in [-0.15, -0.1) is 13.2 Å². The van der Waals surface area contributed by atoms with E-state index in [1.165, 1.54) is 24.3 Å². The van der Waals surface area contributed by atoms with Crippen LogP contribution in [0.15, 0.2) is 42.5 Å². The largest absolute Gasteiger partial charge is 0.573 e. The standard InChI is InChI=1S/C13H7F4O/c14-11-5-1-3-9(7-11)10-4-2-6-12(8-10)18-13(15,16)17/h1-3,5-8H.